The first kappa shape index (κ1) is 31.4. The summed E-state index contributed by atoms with van der Waals surface area (Å²) < 4.78 is 72.2. The summed E-state index contributed by atoms with van der Waals surface area (Å²) in [5.41, 5.74) is 1.31. The van der Waals surface area contributed by atoms with Crippen molar-refractivity contribution >= 4 is 23.6 Å². The van der Waals surface area contributed by atoms with Gasteiger partial charge in [0.05, 0.1) is 0 Å². The number of aromatic nitrogens is 2. The molecule has 1 aliphatic rings. The van der Waals surface area contributed by atoms with E-state index in [1.165, 1.54) is 12.1 Å². The summed E-state index contributed by atoms with van der Waals surface area (Å²) >= 11 is 0. The van der Waals surface area contributed by atoms with Crippen molar-refractivity contribution < 1.29 is 45.8 Å². The van der Waals surface area contributed by atoms with E-state index in [-0.39, 0.29) is 17.7 Å². The first-order valence-corrected chi connectivity index (χ1v) is 11.8. The predicted octanol–water partition coefficient (Wildman–Crippen LogP) is 4.78. The van der Waals surface area contributed by atoms with Crippen LogP contribution in [0, 0.1) is 12.8 Å². The van der Waals surface area contributed by atoms with Crippen LogP contribution in [0.3, 0.4) is 0 Å². The number of hydrogen-bond acceptors (Lipinski definition) is 7. The summed E-state index contributed by atoms with van der Waals surface area (Å²) in [7, 11) is 3.90. The Bertz CT molecular complexity index is 1100. The first-order chi connectivity index (χ1) is 18.0. The molecule has 1 aliphatic carbocycles. The highest BCUT2D eigenvalue weighted by Crippen LogP contribution is 2.27. The molecule has 0 unspecified atom stereocenters. The van der Waals surface area contributed by atoms with Crippen molar-refractivity contribution in [1.82, 2.24) is 15.3 Å². The highest BCUT2D eigenvalue weighted by atomic mass is 19.4. The Hall–Kier alpha value is -3.78. The van der Waals surface area contributed by atoms with Gasteiger partial charge in [0, 0.05) is 44.0 Å². The Morgan fingerprint density at radius 1 is 1.05 bits per heavy atom. The van der Waals surface area contributed by atoms with Crippen LogP contribution in [0.25, 0.3) is 0 Å². The highest BCUT2D eigenvalue weighted by Gasteiger charge is 2.38. The minimum Gasteiger partial charge on any atom is -0.475 e. The number of nitrogens with zero attached hydrogens (tertiary/aromatic N) is 3. The minimum atomic E-state index is -5.08. The molecule has 216 valence electrons. The van der Waals surface area contributed by atoms with Crippen molar-refractivity contribution in [1.29, 1.82) is 0 Å². The maximum Gasteiger partial charge on any atom is 0.573 e. The Morgan fingerprint density at radius 3 is 2.10 bits per heavy atom. The molecule has 2 aromatic rings. The van der Waals surface area contributed by atoms with Crippen LogP contribution in [0.5, 0.6) is 5.75 Å². The molecule has 1 heterocycles. The number of nitrogens with one attached hydrogen (secondary N) is 2. The van der Waals surface area contributed by atoms with Crippen LogP contribution in [-0.4, -0.2) is 66.2 Å². The van der Waals surface area contributed by atoms with Crippen LogP contribution in [0.4, 0.5) is 38.1 Å². The Labute approximate surface area is 220 Å². The second kappa shape index (κ2) is 13.3. The fraction of sp³-hybridized carbons (Fsp3) is 0.500. The quantitative estimate of drug-likeness (QED) is 0.411. The summed E-state index contributed by atoms with van der Waals surface area (Å²) in [4.78, 5) is 32.1. The van der Waals surface area contributed by atoms with Gasteiger partial charge in [0.25, 0.3) is 5.91 Å². The number of carbonyl (C=O) groups excluding carboxylic acids is 1. The second-order valence-corrected chi connectivity index (χ2v) is 9.04. The third-order valence-electron chi connectivity index (χ3n) is 5.69. The molecule has 1 fully saturated rings. The zero-order chi connectivity index (χ0) is 29.4. The predicted molar refractivity (Wildman–Crippen MR) is 130 cm³/mol. The number of benzene rings is 1. The van der Waals surface area contributed by atoms with Crippen LogP contribution in [0.1, 0.15) is 41.6 Å². The largest absolute Gasteiger partial charge is 0.573 e. The molecule has 1 aromatic carbocycles. The molecule has 0 aliphatic heterocycles. The van der Waals surface area contributed by atoms with E-state index in [0.717, 1.165) is 49.2 Å². The average Bonchev–Trinajstić information content (AvgIpc) is 2.83. The van der Waals surface area contributed by atoms with Crippen LogP contribution >= 0.6 is 0 Å². The Balaban J connectivity index is 0.000000673. The van der Waals surface area contributed by atoms with E-state index < -0.39 is 18.5 Å². The van der Waals surface area contributed by atoms with Gasteiger partial charge in [-0.05, 0) is 62.8 Å². The van der Waals surface area contributed by atoms with E-state index in [4.69, 9.17) is 9.90 Å². The van der Waals surface area contributed by atoms with Gasteiger partial charge in [-0.25, -0.2) is 9.78 Å². The van der Waals surface area contributed by atoms with Gasteiger partial charge in [-0.2, -0.15) is 18.2 Å². The van der Waals surface area contributed by atoms with Gasteiger partial charge in [0.2, 0.25) is 5.95 Å². The number of hydrogen-bond donors (Lipinski definition) is 3. The number of carboxylic acids is 1. The summed E-state index contributed by atoms with van der Waals surface area (Å²) in [6.45, 7) is 2.50. The number of amides is 1. The summed E-state index contributed by atoms with van der Waals surface area (Å²) in [6.07, 6.45) is -4.24. The zero-order valence-corrected chi connectivity index (χ0v) is 21.4. The highest BCUT2D eigenvalue weighted by molar-refractivity contribution is 5.94. The number of alkyl halides is 6. The standard InChI is InChI=1S/C22H28F3N5O2.C2HF3O2/c1-14-12-27-21(29-19(14)30(2)3)28-17-8-4-15(5-9-17)13-26-20(31)16-6-10-18(11-7-16)32-22(23,24)25;3-2(4,5)1(6)7/h6-7,10-12,15,17H,4-5,8-9,13H2,1-3H3,(H,26,31)(H,27,28,29);(H,6,7)/t15-,17+;. The fourth-order valence-corrected chi connectivity index (χ4v) is 3.80. The van der Waals surface area contributed by atoms with E-state index in [9.17, 15) is 31.1 Å². The molecule has 0 saturated heterocycles. The monoisotopic (exact) mass is 565 g/mol. The molecule has 15 heteroatoms. The minimum absolute atomic E-state index is 0.279. The number of carbonyl (C=O) groups is 2. The number of halogens is 6. The van der Waals surface area contributed by atoms with Crippen LogP contribution in [0.2, 0.25) is 0 Å². The van der Waals surface area contributed by atoms with Gasteiger partial charge in [0.1, 0.15) is 11.6 Å². The van der Waals surface area contributed by atoms with Gasteiger partial charge in [-0.1, -0.05) is 0 Å². The molecule has 1 saturated carbocycles. The van der Waals surface area contributed by atoms with Crippen molar-refractivity contribution in [3.05, 3.63) is 41.6 Å². The van der Waals surface area contributed by atoms with E-state index in [1.54, 1.807) is 0 Å². The number of aryl methyl sites for hydroxylation is 1. The van der Waals surface area contributed by atoms with Crippen molar-refractivity contribution in [2.24, 2.45) is 5.92 Å². The molecular formula is C24H29F6N5O4. The molecule has 9 nitrogen and oxygen atoms in total. The van der Waals surface area contributed by atoms with E-state index >= 15 is 0 Å². The molecule has 1 aromatic heterocycles. The van der Waals surface area contributed by atoms with Gasteiger partial charge >= 0.3 is 18.5 Å². The van der Waals surface area contributed by atoms with E-state index in [2.05, 4.69) is 25.3 Å². The average molecular weight is 566 g/mol. The van der Waals surface area contributed by atoms with Crippen molar-refractivity contribution in [3.8, 4) is 5.75 Å². The molecule has 0 radical (unpaired) electrons. The van der Waals surface area contributed by atoms with Crippen LogP contribution in [-0.2, 0) is 4.79 Å². The molecule has 0 bridgehead atoms. The van der Waals surface area contributed by atoms with Gasteiger partial charge < -0.3 is 25.4 Å². The maximum atomic E-state index is 12.3. The van der Waals surface area contributed by atoms with Crippen molar-refractivity contribution in [2.45, 2.75) is 51.2 Å². The normalized spacial score (nSPS) is 17.4. The third kappa shape index (κ3) is 10.9. The molecule has 3 rings (SSSR count). The topological polar surface area (TPSA) is 117 Å². The number of anilines is 2. The zero-order valence-electron chi connectivity index (χ0n) is 21.4. The molecule has 39 heavy (non-hydrogen) atoms. The lowest BCUT2D eigenvalue weighted by Gasteiger charge is -2.29. The lowest BCUT2D eigenvalue weighted by molar-refractivity contribution is -0.274. The molecule has 0 spiro atoms. The summed E-state index contributed by atoms with van der Waals surface area (Å²) in [5.74, 6) is -1.57. The van der Waals surface area contributed by atoms with Crippen molar-refractivity contribution in [2.75, 3.05) is 30.9 Å². The number of aliphatic carboxylic acids is 1. The molecule has 0 atom stereocenters. The van der Waals surface area contributed by atoms with E-state index in [1.807, 2.05) is 32.1 Å². The van der Waals surface area contributed by atoms with Crippen LogP contribution < -0.4 is 20.3 Å². The third-order valence-corrected chi connectivity index (χ3v) is 5.69. The fourth-order valence-electron chi connectivity index (χ4n) is 3.80. The summed E-state index contributed by atoms with van der Waals surface area (Å²) in [6, 6.07) is 5.19. The molecule has 1 amide bonds. The van der Waals surface area contributed by atoms with Gasteiger partial charge in [-0.15, -0.1) is 13.2 Å². The first-order valence-electron chi connectivity index (χ1n) is 11.8. The second-order valence-electron chi connectivity index (χ2n) is 9.04. The van der Waals surface area contributed by atoms with Crippen molar-refractivity contribution in [3.63, 3.8) is 0 Å². The van der Waals surface area contributed by atoms with Gasteiger partial charge in [-0.3, -0.25) is 4.79 Å². The Morgan fingerprint density at radius 2 is 1.62 bits per heavy atom. The number of ether oxygens (including phenoxy) is 1. The van der Waals surface area contributed by atoms with E-state index in [0.29, 0.717) is 24.0 Å². The molecular weight excluding hydrogens is 536 g/mol. The maximum absolute atomic E-state index is 12.3. The van der Waals surface area contributed by atoms with Gasteiger partial charge in [0.15, 0.2) is 0 Å². The summed E-state index contributed by atoms with van der Waals surface area (Å²) in [5, 5.41) is 13.4. The SMILES string of the molecule is Cc1cnc(N[C@H]2CC[C@@H](CNC(=O)c3ccc(OC(F)(F)F)cc3)CC2)nc1N(C)C.O=C(O)C(F)(F)F. The number of rotatable bonds is 7. The lowest BCUT2D eigenvalue weighted by atomic mass is 9.86. The van der Waals surface area contributed by atoms with Crippen LogP contribution in [0.15, 0.2) is 30.5 Å². The number of carboxylic acid groups (broad SMARTS) is 1. The Kier molecular flexibility index (Phi) is 10.7. The smallest absolute Gasteiger partial charge is 0.475 e. The molecule has 3 N–H and O–H groups in total. The lowest BCUT2D eigenvalue weighted by Crippen LogP contribution is -2.34.